The first kappa shape index (κ1) is 13.5. The number of aliphatic carboxylic acids is 1. The van der Waals surface area contributed by atoms with Gasteiger partial charge in [0.25, 0.3) is 0 Å². The van der Waals surface area contributed by atoms with Crippen LogP contribution in [-0.2, 0) is 14.3 Å². The zero-order valence-electron chi connectivity index (χ0n) is 10.9. The van der Waals surface area contributed by atoms with E-state index in [0.29, 0.717) is 0 Å². The fraction of sp³-hybridized carbons (Fsp3) is 0.429. The van der Waals surface area contributed by atoms with Crippen molar-refractivity contribution in [3.8, 4) is 0 Å². The van der Waals surface area contributed by atoms with Crippen LogP contribution in [0.25, 0.3) is 0 Å². The number of carbonyl (C=O) groups excluding carboxylic acids is 1. The highest BCUT2D eigenvalue weighted by molar-refractivity contribution is 5.82. The summed E-state index contributed by atoms with van der Waals surface area (Å²) in [5, 5.41) is 12.2. The van der Waals surface area contributed by atoms with E-state index in [0.717, 1.165) is 5.56 Å². The Labute approximate surface area is 111 Å². The Bertz CT molecular complexity index is 487. The Kier molecular flexibility index (Phi) is 3.57. The van der Waals surface area contributed by atoms with Crippen molar-refractivity contribution < 1.29 is 19.4 Å². The maximum atomic E-state index is 12.0. The Balaban J connectivity index is 2.38. The van der Waals surface area contributed by atoms with E-state index in [2.05, 4.69) is 5.32 Å². The van der Waals surface area contributed by atoms with Gasteiger partial charge < -0.3 is 9.84 Å². The third-order valence-corrected chi connectivity index (χ3v) is 3.72. The van der Waals surface area contributed by atoms with Gasteiger partial charge in [-0.1, -0.05) is 30.3 Å². The molecule has 5 heteroatoms. The predicted octanol–water partition coefficient (Wildman–Crippen LogP) is 1.35. The van der Waals surface area contributed by atoms with E-state index < -0.39 is 23.4 Å². The summed E-state index contributed by atoms with van der Waals surface area (Å²) in [6.07, 6.45) is 0.217. The molecule has 0 saturated carbocycles. The first-order valence-electron chi connectivity index (χ1n) is 6.11. The molecule has 0 spiro atoms. The summed E-state index contributed by atoms with van der Waals surface area (Å²) in [4.78, 5) is 23.2. The molecule has 1 aliphatic rings. The largest absolute Gasteiger partial charge is 0.480 e. The summed E-state index contributed by atoms with van der Waals surface area (Å²) in [6, 6.07) is 8.26. The number of carboxylic acids is 1. The minimum Gasteiger partial charge on any atom is -0.480 e. The molecular weight excluding hydrogens is 246 g/mol. The summed E-state index contributed by atoms with van der Waals surface area (Å²) in [5.74, 6) is -1.34. The molecule has 0 amide bonds. The number of carboxylic acid groups (broad SMARTS) is 1. The van der Waals surface area contributed by atoms with Gasteiger partial charge in [-0.3, -0.25) is 14.9 Å². The molecule has 0 bridgehead atoms. The van der Waals surface area contributed by atoms with Crippen molar-refractivity contribution >= 4 is 11.9 Å². The van der Waals surface area contributed by atoms with E-state index >= 15 is 0 Å². The third kappa shape index (κ3) is 2.33. The zero-order chi connectivity index (χ0) is 14.0. The lowest BCUT2D eigenvalue weighted by molar-refractivity contribution is -0.152. The van der Waals surface area contributed by atoms with Crippen LogP contribution in [0.4, 0.5) is 0 Å². The van der Waals surface area contributed by atoms with Crippen molar-refractivity contribution in [1.82, 2.24) is 5.32 Å². The Hall–Kier alpha value is -1.88. The molecule has 0 aliphatic carbocycles. The molecule has 1 aliphatic heterocycles. The van der Waals surface area contributed by atoms with Gasteiger partial charge >= 0.3 is 11.9 Å². The minimum absolute atomic E-state index is 0.217. The number of hydrogen-bond donors (Lipinski definition) is 2. The molecule has 2 N–H and O–H groups in total. The lowest BCUT2D eigenvalue weighted by atomic mass is 9.78. The molecule has 1 aromatic rings. The standard InChI is InChI=1S/C14H17NO4/c1-14(13(18)19-2)8-10(12(16)17)15-11(14)9-6-4-3-5-7-9/h3-7,10-11,15H,8H2,1-2H3,(H,16,17). The SMILES string of the molecule is COC(=O)C1(C)CC(C(=O)O)NC1c1ccccc1. The van der Waals surface area contributed by atoms with Crippen LogP contribution in [0.2, 0.25) is 0 Å². The Morgan fingerprint density at radius 2 is 2.00 bits per heavy atom. The Morgan fingerprint density at radius 1 is 1.37 bits per heavy atom. The molecule has 1 aromatic carbocycles. The van der Waals surface area contributed by atoms with E-state index in [1.807, 2.05) is 30.3 Å². The van der Waals surface area contributed by atoms with Gasteiger partial charge in [0.15, 0.2) is 0 Å². The molecule has 0 radical (unpaired) electrons. The van der Waals surface area contributed by atoms with Gasteiger partial charge in [-0.25, -0.2) is 0 Å². The lowest BCUT2D eigenvalue weighted by Gasteiger charge is -2.28. The second kappa shape index (κ2) is 5.01. The first-order valence-corrected chi connectivity index (χ1v) is 6.11. The van der Waals surface area contributed by atoms with Crippen molar-refractivity contribution in [3.63, 3.8) is 0 Å². The molecule has 5 nitrogen and oxygen atoms in total. The number of methoxy groups -OCH3 is 1. The molecule has 1 saturated heterocycles. The predicted molar refractivity (Wildman–Crippen MR) is 68.5 cm³/mol. The van der Waals surface area contributed by atoms with Crippen LogP contribution in [0.1, 0.15) is 24.9 Å². The first-order chi connectivity index (χ1) is 8.99. The van der Waals surface area contributed by atoms with Crippen molar-refractivity contribution in [3.05, 3.63) is 35.9 Å². The molecule has 1 fully saturated rings. The van der Waals surface area contributed by atoms with Crippen LogP contribution in [0.3, 0.4) is 0 Å². The van der Waals surface area contributed by atoms with Gasteiger partial charge in [0.2, 0.25) is 0 Å². The normalized spacial score (nSPS) is 30.0. The van der Waals surface area contributed by atoms with E-state index in [4.69, 9.17) is 9.84 Å². The average molecular weight is 263 g/mol. The number of benzene rings is 1. The van der Waals surface area contributed by atoms with Crippen LogP contribution < -0.4 is 5.32 Å². The van der Waals surface area contributed by atoms with Crippen LogP contribution in [0, 0.1) is 5.41 Å². The van der Waals surface area contributed by atoms with Crippen LogP contribution in [-0.4, -0.2) is 30.2 Å². The fourth-order valence-electron chi connectivity index (χ4n) is 2.69. The molecule has 0 aromatic heterocycles. The number of rotatable bonds is 3. The minimum atomic E-state index is -0.950. The monoisotopic (exact) mass is 263 g/mol. The van der Waals surface area contributed by atoms with Crippen LogP contribution >= 0.6 is 0 Å². The summed E-state index contributed by atoms with van der Waals surface area (Å²) in [6.45, 7) is 1.74. The molecule has 102 valence electrons. The second-order valence-electron chi connectivity index (χ2n) is 5.01. The highest BCUT2D eigenvalue weighted by Crippen LogP contribution is 2.44. The molecule has 3 unspecified atom stereocenters. The van der Waals surface area contributed by atoms with Crippen LogP contribution in [0.15, 0.2) is 30.3 Å². The summed E-state index contributed by atoms with van der Waals surface area (Å²) in [7, 11) is 1.32. The number of nitrogens with one attached hydrogen (secondary N) is 1. The van der Waals surface area contributed by atoms with Crippen molar-refractivity contribution in [2.24, 2.45) is 5.41 Å². The van der Waals surface area contributed by atoms with Crippen molar-refractivity contribution in [1.29, 1.82) is 0 Å². The Morgan fingerprint density at radius 3 is 2.53 bits per heavy atom. The average Bonchev–Trinajstić information content (AvgIpc) is 2.78. The van der Waals surface area contributed by atoms with E-state index in [1.54, 1.807) is 6.92 Å². The van der Waals surface area contributed by atoms with Gasteiger partial charge in [-0.05, 0) is 18.9 Å². The number of hydrogen-bond acceptors (Lipinski definition) is 4. The summed E-state index contributed by atoms with van der Waals surface area (Å²) < 4.78 is 4.85. The lowest BCUT2D eigenvalue weighted by Crippen LogP contribution is -2.35. The van der Waals surface area contributed by atoms with Crippen LogP contribution in [0.5, 0.6) is 0 Å². The molecular formula is C14H17NO4. The van der Waals surface area contributed by atoms with Gasteiger partial charge in [0.1, 0.15) is 6.04 Å². The second-order valence-corrected chi connectivity index (χ2v) is 5.01. The van der Waals surface area contributed by atoms with E-state index in [1.165, 1.54) is 7.11 Å². The topological polar surface area (TPSA) is 75.6 Å². The van der Waals surface area contributed by atoms with E-state index in [9.17, 15) is 9.59 Å². The summed E-state index contributed by atoms with van der Waals surface area (Å²) >= 11 is 0. The maximum Gasteiger partial charge on any atom is 0.320 e. The third-order valence-electron chi connectivity index (χ3n) is 3.72. The molecule has 19 heavy (non-hydrogen) atoms. The van der Waals surface area contributed by atoms with Gasteiger partial charge in [0.05, 0.1) is 12.5 Å². The zero-order valence-corrected chi connectivity index (χ0v) is 10.9. The van der Waals surface area contributed by atoms with Gasteiger partial charge in [0, 0.05) is 6.04 Å². The maximum absolute atomic E-state index is 12.0. The van der Waals surface area contributed by atoms with Gasteiger partial charge in [-0.15, -0.1) is 0 Å². The molecule has 2 rings (SSSR count). The smallest absolute Gasteiger partial charge is 0.320 e. The molecule has 3 atom stereocenters. The van der Waals surface area contributed by atoms with Crippen molar-refractivity contribution in [2.75, 3.05) is 7.11 Å². The number of carbonyl (C=O) groups is 2. The van der Waals surface area contributed by atoms with Gasteiger partial charge in [-0.2, -0.15) is 0 Å². The van der Waals surface area contributed by atoms with E-state index in [-0.39, 0.29) is 12.5 Å². The fourth-order valence-corrected chi connectivity index (χ4v) is 2.69. The quantitative estimate of drug-likeness (QED) is 0.805. The van der Waals surface area contributed by atoms with Crippen molar-refractivity contribution in [2.45, 2.75) is 25.4 Å². The number of esters is 1. The number of ether oxygens (including phenoxy) is 1. The molecule has 1 heterocycles. The highest BCUT2D eigenvalue weighted by Gasteiger charge is 2.52. The highest BCUT2D eigenvalue weighted by atomic mass is 16.5. The summed E-state index contributed by atoms with van der Waals surface area (Å²) in [5.41, 5.74) is 0.0123.